The van der Waals surface area contributed by atoms with Crippen LogP contribution < -0.4 is 5.32 Å². The molecule has 0 aliphatic heterocycles. The van der Waals surface area contributed by atoms with Gasteiger partial charge in [-0.3, -0.25) is 10.1 Å². The maximum atomic E-state index is 11.4. The van der Waals surface area contributed by atoms with E-state index in [2.05, 4.69) is 35.9 Å². The van der Waals surface area contributed by atoms with Crippen LogP contribution in [0.3, 0.4) is 0 Å². The zero-order valence-corrected chi connectivity index (χ0v) is 9.13. The van der Waals surface area contributed by atoms with Crippen LogP contribution in [0.2, 0.25) is 0 Å². The van der Waals surface area contributed by atoms with Gasteiger partial charge in [0.2, 0.25) is 0 Å². The predicted molar refractivity (Wildman–Crippen MR) is 54.3 cm³/mol. The number of thiazole rings is 1. The number of nitrogens with zero attached hydrogens (tertiary/aromatic N) is 2. The van der Waals surface area contributed by atoms with Crippen molar-refractivity contribution in [2.45, 2.75) is 0 Å². The molecule has 0 spiro atoms. The van der Waals surface area contributed by atoms with Crippen molar-refractivity contribution in [2.24, 2.45) is 0 Å². The molecule has 0 saturated heterocycles. The van der Waals surface area contributed by atoms with Crippen LogP contribution in [0.15, 0.2) is 26.8 Å². The van der Waals surface area contributed by atoms with Gasteiger partial charge in [0, 0.05) is 6.07 Å². The fraction of sp³-hybridized carbons (Fsp3) is 0. The minimum absolute atomic E-state index is 0.233. The zero-order valence-electron chi connectivity index (χ0n) is 6.73. The third-order valence-electron chi connectivity index (χ3n) is 1.37. The van der Waals surface area contributed by atoms with Crippen molar-refractivity contribution in [1.82, 2.24) is 10.1 Å². The van der Waals surface area contributed by atoms with Crippen molar-refractivity contribution in [3.63, 3.8) is 0 Å². The minimum Gasteiger partial charge on any atom is -0.364 e. The lowest BCUT2D eigenvalue weighted by atomic mass is 10.4. The molecule has 7 heteroatoms. The maximum absolute atomic E-state index is 11.4. The predicted octanol–water partition coefficient (Wildman–Crippen LogP) is 2.15. The molecule has 0 aliphatic carbocycles. The summed E-state index contributed by atoms with van der Waals surface area (Å²) in [6.45, 7) is 0. The molecule has 5 nitrogen and oxygen atoms in total. The Hall–Kier alpha value is -1.21. The smallest absolute Gasteiger partial charge is 0.279 e. The van der Waals surface area contributed by atoms with Gasteiger partial charge in [-0.15, -0.1) is 0 Å². The van der Waals surface area contributed by atoms with Gasteiger partial charge in [-0.25, -0.2) is 4.98 Å². The van der Waals surface area contributed by atoms with Crippen LogP contribution in [0.5, 0.6) is 0 Å². The Morgan fingerprint density at radius 1 is 1.64 bits per heavy atom. The van der Waals surface area contributed by atoms with E-state index in [1.165, 1.54) is 23.7 Å². The van der Waals surface area contributed by atoms with E-state index in [1.807, 2.05) is 0 Å². The van der Waals surface area contributed by atoms with Crippen LogP contribution in [0.1, 0.15) is 10.5 Å². The van der Waals surface area contributed by atoms with Crippen molar-refractivity contribution in [1.29, 1.82) is 0 Å². The van der Waals surface area contributed by atoms with Gasteiger partial charge in [-0.1, -0.05) is 16.5 Å². The molecule has 1 N–H and O–H groups in total. The summed E-state index contributed by atoms with van der Waals surface area (Å²) in [5, 5.41) is 6.60. The maximum Gasteiger partial charge on any atom is 0.279 e. The van der Waals surface area contributed by atoms with E-state index in [1.54, 1.807) is 6.20 Å². The highest BCUT2D eigenvalue weighted by Crippen LogP contribution is 2.23. The number of aromatic nitrogens is 2. The lowest BCUT2D eigenvalue weighted by molar-refractivity contribution is 0.101. The average molecular weight is 274 g/mol. The van der Waals surface area contributed by atoms with Gasteiger partial charge >= 0.3 is 0 Å². The summed E-state index contributed by atoms with van der Waals surface area (Å²) in [6.07, 6.45) is 2.95. The van der Waals surface area contributed by atoms with Gasteiger partial charge in [-0.05, 0) is 15.9 Å². The van der Waals surface area contributed by atoms with Crippen LogP contribution in [0.4, 0.5) is 5.13 Å². The van der Waals surface area contributed by atoms with E-state index in [0.717, 1.165) is 3.79 Å². The van der Waals surface area contributed by atoms with Gasteiger partial charge in [0.25, 0.3) is 5.91 Å². The lowest BCUT2D eigenvalue weighted by Gasteiger charge is -1.95. The molecule has 0 saturated carbocycles. The molecule has 0 aliphatic rings. The average Bonchev–Trinajstić information content (AvgIpc) is 2.75. The van der Waals surface area contributed by atoms with Crippen LogP contribution in [0.25, 0.3) is 0 Å². The Morgan fingerprint density at radius 2 is 2.50 bits per heavy atom. The normalized spacial score (nSPS) is 10.1. The second-order valence-corrected chi connectivity index (χ2v) is 4.72. The Balaban J connectivity index is 2.09. The van der Waals surface area contributed by atoms with Crippen molar-refractivity contribution in [3.05, 3.63) is 28.0 Å². The Bertz CT molecular complexity index is 439. The molecule has 2 aromatic heterocycles. The van der Waals surface area contributed by atoms with E-state index >= 15 is 0 Å². The highest BCUT2D eigenvalue weighted by atomic mass is 79.9. The molecule has 72 valence electrons. The Labute approximate surface area is 91.3 Å². The first kappa shape index (κ1) is 9.35. The first-order valence-electron chi connectivity index (χ1n) is 3.59. The molecule has 0 bridgehead atoms. The number of rotatable bonds is 2. The molecule has 0 atom stereocenters. The summed E-state index contributed by atoms with van der Waals surface area (Å²) >= 11 is 4.57. The summed E-state index contributed by atoms with van der Waals surface area (Å²) < 4.78 is 5.40. The first-order chi connectivity index (χ1) is 6.75. The molecule has 2 heterocycles. The second-order valence-electron chi connectivity index (χ2n) is 2.31. The molecule has 14 heavy (non-hydrogen) atoms. The van der Waals surface area contributed by atoms with Crippen LogP contribution in [-0.4, -0.2) is 16.0 Å². The highest BCUT2D eigenvalue weighted by Gasteiger charge is 2.10. The molecule has 2 aromatic rings. The molecule has 2 rings (SSSR count). The minimum atomic E-state index is -0.333. The summed E-state index contributed by atoms with van der Waals surface area (Å²) in [5.74, 6) is -0.333. The topological polar surface area (TPSA) is 68.0 Å². The van der Waals surface area contributed by atoms with Crippen molar-refractivity contribution in [2.75, 3.05) is 5.32 Å². The standard InChI is InChI=1S/C7H4BrN3O2S/c8-5-3-9-7(14-5)10-6(12)4-1-2-13-11-4/h1-3H,(H,9,10,12). The summed E-state index contributed by atoms with van der Waals surface area (Å²) in [5.41, 5.74) is 0.233. The van der Waals surface area contributed by atoms with E-state index in [4.69, 9.17) is 0 Å². The molecular formula is C7H4BrN3O2S. The van der Waals surface area contributed by atoms with Crippen molar-refractivity contribution < 1.29 is 9.32 Å². The van der Waals surface area contributed by atoms with Gasteiger partial charge in [0.05, 0.1) is 9.98 Å². The monoisotopic (exact) mass is 273 g/mol. The molecule has 0 radical (unpaired) electrons. The Kier molecular flexibility index (Phi) is 2.60. The van der Waals surface area contributed by atoms with Gasteiger partial charge < -0.3 is 4.52 Å². The van der Waals surface area contributed by atoms with Crippen molar-refractivity contribution >= 4 is 38.3 Å². The summed E-state index contributed by atoms with van der Waals surface area (Å²) in [7, 11) is 0. The Morgan fingerprint density at radius 3 is 3.07 bits per heavy atom. The number of hydrogen-bond acceptors (Lipinski definition) is 5. The van der Waals surface area contributed by atoms with Gasteiger partial charge in [0.15, 0.2) is 10.8 Å². The third kappa shape index (κ3) is 1.99. The van der Waals surface area contributed by atoms with Crippen molar-refractivity contribution in [3.8, 4) is 0 Å². The number of halogens is 1. The third-order valence-corrected chi connectivity index (χ3v) is 2.76. The summed E-state index contributed by atoms with van der Waals surface area (Å²) in [6, 6.07) is 1.48. The largest absolute Gasteiger partial charge is 0.364 e. The molecule has 0 fully saturated rings. The van der Waals surface area contributed by atoms with Crippen LogP contribution in [0, 0.1) is 0 Å². The van der Waals surface area contributed by atoms with Gasteiger partial charge in [-0.2, -0.15) is 0 Å². The van der Waals surface area contributed by atoms with Gasteiger partial charge in [0.1, 0.15) is 6.26 Å². The number of carbonyl (C=O) groups is 1. The number of anilines is 1. The fourth-order valence-corrected chi connectivity index (χ4v) is 1.90. The second kappa shape index (κ2) is 3.89. The quantitative estimate of drug-likeness (QED) is 0.911. The fourth-order valence-electron chi connectivity index (χ4n) is 0.803. The number of amides is 1. The molecule has 0 aromatic carbocycles. The molecule has 1 amide bonds. The van der Waals surface area contributed by atoms with E-state index in [-0.39, 0.29) is 11.6 Å². The van der Waals surface area contributed by atoms with Crippen LogP contribution >= 0.6 is 27.3 Å². The highest BCUT2D eigenvalue weighted by molar-refractivity contribution is 9.11. The number of carbonyl (C=O) groups excluding carboxylic acids is 1. The van der Waals surface area contributed by atoms with E-state index < -0.39 is 0 Å². The van der Waals surface area contributed by atoms with Crippen LogP contribution in [-0.2, 0) is 0 Å². The van der Waals surface area contributed by atoms with E-state index in [9.17, 15) is 4.79 Å². The first-order valence-corrected chi connectivity index (χ1v) is 5.20. The van der Waals surface area contributed by atoms with E-state index in [0.29, 0.717) is 5.13 Å². The number of nitrogens with one attached hydrogen (secondary N) is 1. The molecule has 0 unspecified atom stereocenters. The lowest BCUT2D eigenvalue weighted by Crippen LogP contribution is -2.11. The zero-order chi connectivity index (χ0) is 9.97. The summed E-state index contributed by atoms with van der Waals surface area (Å²) in [4.78, 5) is 15.3. The SMILES string of the molecule is O=C(Nc1ncc(Br)s1)c1ccon1. The molecular weight excluding hydrogens is 270 g/mol. The number of hydrogen-bond donors (Lipinski definition) is 1.